The number of hydrogen-bond donors (Lipinski definition) is 0. The van der Waals surface area contributed by atoms with Crippen LogP contribution in [0.2, 0.25) is 0 Å². The molecule has 3 nitrogen and oxygen atoms in total. The molecule has 144 valence electrons. The molecule has 1 heterocycles. The molecule has 0 unspecified atom stereocenters. The van der Waals surface area contributed by atoms with Gasteiger partial charge in [-0.15, -0.1) is 0 Å². The Labute approximate surface area is 164 Å². The smallest absolute Gasteiger partial charge is 0.225 e. The number of carbonyl (C=O) groups excluding carboxylic acids is 1. The molecule has 0 saturated carbocycles. The molecule has 0 N–H and O–H groups in total. The fourth-order valence-corrected chi connectivity index (χ4v) is 4.07. The lowest BCUT2D eigenvalue weighted by Gasteiger charge is -2.40. The lowest BCUT2D eigenvalue weighted by molar-refractivity contribution is -0.137. The number of aryl methyl sites for hydroxylation is 1. The maximum Gasteiger partial charge on any atom is 0.225 e. The molecular weight excluding hydrogens is 332 g/mol. The van der Waals surface area contributed by atoms with Crippen LogP contribution in [0.25, 0.3) is 0 Å². The summed E-state index contributed by atoms with van der Waals surface area (Å²) in [5.41, 5.74) is 3.93. The van der Waals surface area contributed by atoms with Crippen LogP contribution in [0.5, 0.6) is 0 Å². The summed E-state index contributed by atoms with van der Waals surface area (Å²) in [7, 11) is 0. The summed E-state index contributed by atoms with van der Waals surface area (Å²) in [5.74, 6) is 0.465. The van der Waals surface area contributed by atoms with Gasteiger partial charge in [0.1, 0.15) is 0 Å². The van der Waals surface area contributed by atoms with E-state index in [4.69, 9.17) is 0 Å². The van der Waals surface area contributed by atoms with Crippen LogP contribution < -0.4 is 0 Å². The molecular formula is C24H32N2O. The van der Waals surface area contributed by atoms with Crippen LogP contribution in [0.3, 0.4) is 0 Å². The molecule has 3 heteroatoms. The second kappa shape index (κ2) is 9.18. The highest BCUT2D eigenvalue weighted by Crippen LogP contribution is 2.30. The van der Waals surface area contributed by atoms with E-state index in [2.05, 4.69) is 85.2 Å². The van der Waals surface area contributed by atoms with Gasteiger partial charge < -0.3 is 4.90 Å². The number of amides is 1. The van der Waals surface area contributed by atoms with Gasteiger partial charge in [0.25, 0.3) is 0 Å². The van der Waals surface area contributed by atoms with Crippen molar-refractivity contribution in [3.8, 4) is 0 Å². The van der Waals surface area contributed by atoms with Crippen LogP contribution in [0.4, 0.5) is 0 Å². The van der Waals surface area contributed by atoms with Crippen molar-refractivity contribution in [3.63, 3.8) is 0 Å². The molecule has 1 aliphatic heterocycles. The Morgan fingerprint density at radius 1 is 0.926 bits per heavy atom. The van der Waals surface area contributed by atoms with Gasteiger partial charge in [-0.2, -0.15) is 0 Å². The fraction of sp³-hybridized carbons (Fsp3) is 0.458. The predicted octanol–water partition coefficient (Wildman–Crippen LogP) is 4.66. The Morgan fingerprint density at radius 3 is 2.11 bits per heavy atom. The highest BCUT2D eigenvalue weighted by atomic mass is 16.2. The maximum atomic E-state index is 12.6. The minimum atomic E-state index is 0.142. The van der Waals surface area contributed by atoms with Crippen molar-refractivity contribution in [2.24, 2.45) is 5.92 Å². The van der Waals surface area contributed by atoms with E-state index in [0.29, 0.717) is 5.91 Å². The van der Waals surface area contributed by atoms with Crippen molar-refractivity contribution in [1.82, 2.24) is 9.80 Å². The van der Waals surface area contributed by atoms with Crippen LogP contribution >= 0.6 is 0 Å². The normalized spacial score (nSPS) is 17.5. The highest BCUT2D eigenvalue weighted by molar-refractivity contribution is 5.78. The third kappa shape index (κ3) is 4.78. The van der Waals surface area contributed by atoms with Gasteiger partial charge in [-0.1, -0.05) is 80.4 Å². The zero-order valence-electron chi connectivity index (χ0n) is 16.9. The molecule has 2 aromatic rings. The van der Waals surface area contributed by atoms with Gasteiger partial charge >= 0.3 is 0 Å². The SMILES string of the molecule is CCC[C@H](C)C(=O)N1CCN([C@H](c2ccccc2)c2ccc(C)cc2)CC1. The number of nitrogens with zero attached hydrogens (tertiary/aromatic N) is 2. The molecule has 0 bridgehead atoms. The number of rotatable bonds is 6. The molecule has 0 spiro atoms. The van der Waals surface area contributed by atoms with Crippen molar-refractivity contribution < 1.29 is 4.79 Å². The van der Waals surface area contributed by atoms with Gasteiger partial charge in [0.05, 0.1) is 6.04 Å². The van der Waals surface area contributed by atoms with Gasteiger partial charge in [0.2, 0.25) is 5.91 Å². The molecule has 0 radical (unpaired) electrons. The first-order chi connectivity index (χ1) is 13.1. The Hall–Kier alpha value is -2.13. The lowest BCUT2D eigenvalue weighted by atomic mass is 9.95. The molecule has 1 amide bonds. The highest BCUT2D eigenvalue weighted by Gasteiger charge is 2.29. The van der Waals surface area contributed by atoms with Crippen molar-refractivity contribution >= 4 is 5.91 Å². The molecule has 27 heavy (non-hydrogen) atoms. The van der Waals surface area contributed by atoms with Crippen LogP contribution in [-0.4, -0.2) is 41.9 Å². The van der Waals surface area contributed by atoms with Gasteiger partial charge in [-0.05, 0) is 24.5 Å². The predicted molar refractivity (Wildman–Crippen MR) is 112 cm³/mol. The average molecular weight is 365 g/mol. The van der Waals surface area contributed by atoms with E-state index in [9.17, 15) is 4.79 Å². The molecule has 2 atom stereocenters. The first-order valence-electron chi connectivity index (χ1n) is 10.2. The zero-order chi connectivity index (χ0) is 19.2. The van der Waals surface area contributed by atoms with Crippen molar-refractivity contribution in [2.45, 2.75) is 39.7 Å². The molecule has 2 aromatic carbocycles. The number of piperazine rings is 1. The van der Waals surface area contributed by atoms with Crippen LogP contribution in [-0.2, 0) is 4.79 Å². The van der Waals surface area contributed by atoms with E-state index in [1.807, 2.05) is 0 Å². The summed E-state index contributed by atoms with van der Waals surface area (Å²) in [6, 6.07) is 19.8. The average Bonchev–Trinajstić information content (AvgIpc) is 2.71. The van der Waals surface area contributed by atoms with E-state index in [-0.39, 0.29) is 12.0 Å². The summed E-state index contributed by atoms with van der Waals surface area (Å²) in [5, 5.41) is 0. The minimum Gasteiger partial charge on any atom is -0.340 e. The van der Waals surface area contributed by atoms with E-state index in [1.54, 1.807) is 0 Å². The second-order valence-electron chi connectivity index (χ2n) is 7.77. The summed E-state index contributed by atoms with van der Waals surface area (Å²) in [6.45, 7) is 9.81. The first-order valence-corrected chi connectivity index (χ1v) is 10.2. The van der Waals surface area contributed by atoms with Gasteiger partial charge in [0.15, 0.2) is 0 Å². The maximum absolute atomic E-state index is 12.6. The quantitative estimate of drug-likeness (QED) is 0.744. The monoisotopic (exact) mass is 364 g/mol. The molecule has 0 aliphatic carbocycles. The van der Waals surface area contributed by atoms with Crippen LogP contribution in [0.15, 0.2) is 54.6 Å². The van der Waals surface area contributed by atoms with E-state index in [0.717, 1.165) is 39.0 Å². The molecule has 1 saturated heterocycles. The van der Waals surface area contributed by atoms with Crippen molar-refractivity contribution in [2.75, 3.05) is 26.2 Å². The number of benzene rings is 2. The molecule has 3 rings (SSSR count). The Balaban J connectivity index is 1.75. The Morgan fingerprint density at radius 2 is 1.52 bits per heavy atom. The molecule has 0 aromatic heterocycles. The topological polar surface area (TPSA) is 23.6 Å². The van der Waals surface area contributed by atoms with Crippen molar-refractivity contribution in [3.05, 3.63) is 71.3 Å². The largest absolute Gasteiger partial charge is 0.340 e. The summed E-state index contributed by atoms with van der Waals surface area (Å²) in [4.78, 5) is 17.2. The minimum absolute atomic E-state index is 0.142. The summed E-state index contributed by atoms with van der Waals surface area (Å²) >= 11 is 0. The summed E-state index contributed by atoms with van der Waals surface area (Å²) < 4.78 is 0. The van der Waals surface area contributed by atoms with Crippen molar-refractivity contribution in [1.29, 1.82) is 0 Å². The third-order valence-corrected chi connectivity index (χ3v) is 5.64. The number of carbonyl (C=O) groups is 1. The number of hydrogen-bond acceptors (Lipinski definition) is 2. The second-order valence-corrected chi connectivity index (χ2v) is 7.77. The Bertz CT molecular complexity index is 718. The molecule has 1 fully saturated rings. The first kappa shape index (κ1) is 19.6. The Kier molecular flexibility index (Phi) is 6.68. The van der Waals surface area contributed by atoms with Gasteiger partial charge in [0, 0.05) is 32.1 Å². The van der Waals surface area contributed by atoms with E-state index < -0.39 is 0 Å². The van der Waals surface area contributed by atoms with Gasteiger partial charge in [-0.25, -0.2) is 0 Å². The van der Waals surface area contributed by atoms with E-state index in [1.165, 1.54) is 16.7 Å². The fourth-order valence-electron chi connectivity index (χ4n) is 4.07. The molecule has 1 aliphatic rings. The van der Waals surface area contributed by atoms with Crippen LogP contribution in [0, 0.1) is 12.8 Å². The zero-order valence-corrected chi connectivity index (χ0v) is 16.9. The standard InChI is InChI=1S/C24H32N2O/c1-4-8-20(3)24(27)26-17-15-25(16-18-26)23(21-9-6-5-7-10-21)22-13-11-19(2)12-14-22/h5-7,9-14,20,23H,4,8,15-18H2,1-3H3/t20-,23+/m0/s1. The summed E-state index contributed by atoms with van der Waals surface area (Å²) in [6.07, 6.45) is 2.05. The van der Waals surface area contributed by atoms with Crippen LogP contribution in [0.1, 0.15) is 49.4 Å². The van der Waals surface area contributed by atoms with E-state index >= 15 is 0 Å². The third-order valence-electron chi connectivity index (χ3n) is 5.64. The van der Waals surface area contributed by atoms with Gasteiger partial charge in [-0.3, -0.25) is 9.69 Å². The lowest BCUT2D eigenvalue weighted by Crippen LogP contribution is -2.51.